The van der Waals surface area contributed by atoms with E-state index in [0.29, 0.717) is 11.5 Å². The van der Waals surface area contributed by atoms with Crippen molar-refractivity contribution < 1.29 is 14.6 Å². The van der Waals surface area contributed by atoms with Crippen molar-refractivity contribution in [3.63, 3.8) is 0 Å². The molecule has 100 valence electrons. The molecular formula is C14H16N2O3. The van der Waals surface area contributed by atoms with Gasteiger partial charge in [0.2, 0.25) is 0 Å². The van der Waals surface area contributed by atoms with E-state index in [1.54, 1.807) is 29.2 Å². The van der Waals surface area contributed by atoms with Gasteiger partial charge in [-0.25, -0.2) is 4.79 Å². The van der Waals surface area contributed by atoms with Gasteiger partial charge in [0, 0.05) is 6.54 Å². The molecule has 0 aliphatic rings. The molecule has 0 unspecified atom stereocenters. The Morgan fingerprint density at radius 1 is 1.47 bits per heavy atom. The van der Waals surface area contributed by atoms with Crippen LogP contribution in [0.1, 0.15) is 29.3 Å². The van der Waals surface area contributed by atoms with Gasteiger partial charge >= 0.3 is 5.97 Å². The molecule has 0 fully saturated rings. The van der Waals surface area contributed by atoms with E-state index in [0.717, 1.165) is 18.5 Å². The molecule has 0 saturated heterocycles. The largest absolute Gasteiger partial charge is 0.478 e. The van der Waals surface area contributed by atoms with E-state index in [4.69, 9.17) is 9.84 Å². The summed E-state index contributed by atoms with van der Waals surface area (Å²) in [6.45, 7) is 4.78. The number of carboxylic acids is 1. The average Bonchev–Trinajstić information content (AvgIpc) is 2.80. The molecule has 0 radical (unpaired) electrons. The van der Waals surface area contributed by atoms with Gasteiger partial charge in [0.05, 0.1) is 18.0 Å². The van der Waals surface area contributed by atoms with Crippen LogP contribution in [-0.4, -0.2) is 20.9 Å². The first kappa shape index (κ1) is 13.1. The van der Waals surface area contributed by atoms with Gasteiger partial charge in [-0.2, -0.15) is 5.10 Å². The summed E-state index contributed by atoms with van der Waals surface area (Å²) in [4.78, 5) is 10.9. The summed E-state index contributed by atoms with van der Waals surface area (Å²) in [5, 5.41) is 13.1. The van der Waals surface area contributed by atoms with Crippen molar-refractivity contribution >= 4 is 5.97 Å². The van der Waals surface area contributed by atoms with E-state index >= 15 is 0 Å². The quantitative estimate of drug-likeness (QED) is 0.897. The first-order valence-corrected chi connectivity index (χ1v) is 6.14. The molecule has 5 nitrogen and oxygen atoms in total. The number of hydrogen-bond acceptors (Lipinski definition) is 3. The van der Waals surface area contributed by atoms with Crippen molar-refractivity contribution in [2.24, 2.45) is 0 Å². The lowest BCUT2D eigenvalue weighted by molar-refractivity contribution is 0.0696. The lowest BCUT2D eigenvalue weighted by Crippen LogP contribution is -1.97. The van der Waals surface area contributed by atoms with Crippen molar-refractivity contribution in [3.05, 3.63) is 41.7 Å². The molecule has 0 amide bonds. The van der Waals surface area contributed by atoms with Gasteiger partial charge in [-0.05, 0) is 31.0 Å². The van der Waals surface area contributed by atoms with Crippen LogP contribution in [0.3, 0.4) is 0 Å². The predicted octanol–water partition coefficient (Wildman–Crippen LogP) is 3.09. The van der Waals surface area contributed by atoms with E-state index in [2.05, 4.69) is 12.0 Å². The molecule has 1 aromatic carbocycles. The van der Waals surface area contributed by atoms with Crippen molar-refractivity contribution in [2.45, 2.75) is 26.8 Å². The monoisotopic (exact) mass is 260 g/mol. The number of benzene rings is 1. The van der Waals surface area contributed by atoms with Gasteiger partial charge < -0.3 is 9.84 Å². The maximum atomic E-state index is 10.9. The highest BCUT2D eigenvalue weighted by atomic mass is 16.5. The Balaban J connectivity index is 2.21. The second-order valence-electron chi connectivity index (χ2n) is 4.33. The fourth-order valence-electron chi connectivity index (χ4n) is 1.72. The second kappa shape index (κ2) is 5.56. The molecule has 0 aliphatic carbocycles. The number of carbonyl (C=O) groups is 1. The van der Waals surface area contributed by atoms with Gasteiger partial charge in [0.25, 0.3) is 0 Å². The molecule has 5 heteroatoms. The summed E-state index contributed by atoms with van der Waals surface area (Å²) < 4.78 is 7.48. The van der Waals surface area contributed by atoms with E-state index in [9.17, 15) is 4.79 Å². The molecule has 1 heterocycles. The Bertz CT molecular complexity index is 590. The lowest BCUT2D eigenvalue weighted by Gasteiger charge is -2.07. The highest BCUT2D eigenvalue weighted by Crippen LogP contribution is 2.25. The third-order valence-corrected chi connectivity index (χ3v) is 2.73. The maximum Gasteiger partial charge on any atom is 0.335 e. The van der Waals surface area contributed by atoms with Crippen LogP contribution in [-0.2, 0) is 6.54 Å². The summed E-state index contributed by atoms with van der Waals surface area (Å²) in [5.41, 5.74) is 1.09. The lowest BCUT2D eigenvalue weighted by atomic mass is 10.1. The molecule has 19 heavy (non-hydrogen) atoms. The SMILES string of the molecule is CCCn1cc(Oc2cc(C(=O)O)ccc2C)cn1. The smallest absolute Gasteiger partial charge is 0.335 e. The van der Waals surface area contributed by atoms with Gasteiger partial charge in [0.1, 0.15) is 5.75 Å². The Kier molecular flexibility index (Phi) is 3.85. The van der Waals surface area contributed by atoms with Crippen LogP contribution in [0.25, 0.3) is 0 Å². The Morgan fingerprint density at radius 3 is 2.95 bits per heavy atom. The molecule has 0 saturated carbocycles. The van der Waals surface area contributed by atoms with Crippen LogP contribution in [0.15, 0.2) is 30.6 Å². The van der Waals surface area contributed by atoms with Crippen molar-refractivity contribution in [3.8, 4) is 11.5 Å². The first-order valence-electron chi connectivity index (χ1n) is 6.14. The Hall–Kier alpha value is -2.30. The topological polar surface area (TPSA) is 64.3 Å². The Morgan fingerprint density at radius 2 is 2.26 bits per heavy atom. The van der Waals surface area contributed by atoms with E-state index in [-0.39, 0.29) is 5.56 Å². The number of aryl methyl sites for hydroxylation is 2. The van der Waals surface area contributed by atoms with Crippen molar-refractivity contribution in [1.82, 2.24) is 9.78 Å². The molecule has 0 aliphatic heterocycles. The minimum Gasteiger partial charge on any atom is -0.478 e. The van der Waals surface area contributed by atoms with E-state index in [1.165, 1.54) is 6.07 Å². The summed E-state index contributed by atoms with van der Waals surface area (Å²) >= 11 is 0. The van der Waals surface area contributed by atoms with Crippen LogP contribution >= 0.6 is 0 Å². The summed E-state index contributed by atoms with van der Waals surface area (Å²) in [6.07, 6.45) is 4.42. The number of carboxylic acid groups (broad SMARTS) is 1. The average molecular weight is 260 g/mol. The number of rotatable bonds is 5. The number of ether oxygens (including phenoxy) is 1. The van der Waals surface area contributed by atoms with Gasteiger partial charge in [-0.1, -0.05) is 13.0 Å². The molecule has 1 N–H and O–H groups in total. The van der Waals surface area contributed by atoms with Gasteiger partial charge in [-0.3, -0.25) is 4.68 Å². The molecule has 0 atom stereocenters. The fraction of sp³-hybridized carbons (Fsp3) is 0.286. The van der Waals surface area contributed by atoms with E-state index in [1.807, 2.05) is 6.92 Å². The fourth-order valence-corrected chi connectivity index (χ4v) is 1.72. The minimum atomic E-state index is -0.966. The summed E-state index contributed by atoms with van der Waals surface area (Å²) in [6, 6.07) is 4.81. The standard InChI is InChI=1S/C14H16N2O3/c1-3-6-16-9-12(8-15-16)19-13-7-11(14(17)18)5-4-10(13)2/h4-5,7-9H,3,6H2,1-2H3,(H,17,18). The first-order chi connectivity index (χ1) is 9.10. The third-order valence-electron chi connectivity index (χ3n) is 2.73. The number of hydrogen-bond donors (Lipinski definition) is 1. The van der Waals surface area contributed by atoms with Crippen molar-refractivity contribution in [1.29, 1.82) is 0 Å². The zero-order valence-corrected chi connectivity index (χ0v) is 11.0. The number of aromatic nitrogens is 2. The molecule has 0 bridgehead atoms. The van der Waals surface area contributed by atoms with Gasteiger partial charge in [-0.15, -0.1) is 0 Å². The van der Waals surface area contributed by atoms with Crippen LogP contribution in [0, 0.1) is 6.92 Å². The highest BCUT2D eigenvalue weighted by Gasteiger charge is 2.09. The van der Waals surface area contributed by atoms with Crippen LogP contribution in [0.2, 0.25) is 0 Å². The highest BCUT2D eigenvalue weighted by molar-refractivity contribution is 5.88. The molecule has 2 aromatic rings. The zero-order valence-electron chi connectivity index (χ0n) is 11.0. The van der Waals surface area contributed by atoms with Crippen LogP contribution in [0.4, 0.5) is 0 Å². The third kappa shape index (κ3) is 3.13. The number of nitrogens with zero attached hydrogens (tertiary/aromatic N) is 2. The molecule has 1 aromatic heterocycles. The molecule has 0 spiro atoms. The Labute approximate surface area is 111 Å². The molecular weight excluding hydrogens is 244 g/mol. The van der Waals surface area contributed by atoms with Crippen LogP contribution < -0.4 is 4.74 Å². The van der Waals surface area contributed by atoms with Gasteiger partial charge in [0.15, 0.2) is 5.75 Å². The maximum absolute atomic E-state index is 10.9. The van der Waals surface area contributed by atoms with Crippen LogP contribution in [0.5, 0.6) is 11.5 Å². The van der Waals surface area contributed by atoms with E-state index < -0.39 is 5.97 Å². The minimum absolute atomic E-state index is 0.210. The zero-order chi connectivity index (χ0) is 13.8. The normalized spacial score (nSPS) is 10.4. The molecule has 2 rings (SSSR count). The van der Waals surface area contributed by atoms with Crippen molar-refractivity contribution in [2.75, 3.05) is 0 Å². The summed E-state index contributed by atoms with van der Waals surface area (Å²) in [7, 11) is 0. The second-order valence-corrected chi connectivity index (χ2v) is 4.33. The summed E-state index contributed by atoms with van der Waals surface area (Å²) in [5.74, 6) is 0.182. The number of aromatic carboxylic acids is 1. The predicted molar refractivity (Wildman–Crippen MR) is 70.7 cm³/mol.